The van der Waals surface area contributed by atoms with Gasteiger partial charge >= 0.3 is 0 Å². The Bertz CT molecular complexity index is 990. The smallest absolute Gasteiger partial charge is 0.275 e. The number of nitrogens with one attached hydrogen (secondary N) is 1. The van der Waals surface area contributed by atoms with Crippen LogP contribution in [0.25, 0.3) is 0 Å². The van der Waals surface area contributed by atoms with E-state index in [1.807, 2.05) is 24.3 Å². The monoisotopic (exact) mass is 375 g/mol. The molecule has 0 spiro atoms. The van der Waals surface area contributed by atoms with Crippen molar-refractivity contribution in [2.45, 2.75) is 45.6 Å². The van der Waals surface area contributed by atoms with Crippen molar-refractivity contribution >= 4 is 21.7 Å². The van der Waals surface area contributed by atoms with Crippen LogP contribution in [-0.2, 0) is 15.3 Å². The van der Waals surface area contributed by atoms with Crippen LogP contribution in [0.5, 0.6) is 0 Å². The highest BCUT2D eigenvalue weighted by Gasteiger charge is 2.31. The summed E-state index contributed by atoms with van der Waals surface area (Å²) in [5, 5.41) is 3.01. The summed E-state index contributed by atoms with van der Waals surface area (Å²) in [6.07, 6.45) is 2.02. The van der Waals surface area contributed by atoms with E-state index in [4.69, 9.17) is 0 Å². The van der Waals surface area contributed by atoms with Gasteiger partial charge in [-0.05, 0) is 36.5 Å². The van der Waals surface area contributed by atoms with Crippen molar-refractivity contribution in [2.75, 3.05) is 11.5 Å². The van der Waals surface area contributed by atoms with Crippen LogP contribution in [0.3, 0.4) is 0 Å². The predicted molar refractivity (Wildman–Crippen MR) is 104 cm³/mol. The molecule has 0 amide bonds. The Labute approximate surface area is 153 Å². The molecule has 0 unspecified atom stereocenters. The van der Waals surface area contributed by atoms with E-state index < -0.39 is 9.84 Å². The van der Waals surface area contributed by atoms with E-state index in [0.29, 0.717) is 17.7 Å². The van der Waals surface area contributed by atoms with Gasteiger partial charge in [-0.2, -0.15) is 0 Å². The Morgan fingerprint density at radius 1 is 1.23 bits per heavy atom. The molecule has 7 heteroatoms. The number of hydrogen-bond acceptors (Lipinski definition) is 4. The first-order chi connectivity index (χ1) is 12.1. The van der Waals surface area contributed by atoms with E-state index in [9.17, 15) is 13.2 Å². The average Bonchev–Trinajstić information content (AvgIpc) is 3.04. The molecule has 1 aliphatic heterocycles. The summed E-state index contributed by atoms with van der Waals surface area (Å²) in [7, 11) is -3.05. The first-order valence-electron chi connectivity index (χ1n) is 8.73. The van der Waals surface area contributed by atoms with Gasteiger partial charge in [0.25, 0.3) is 5.56 Å². The molecule has 2 heterocycles. The number of hydrogen-bond donors (Lipinski definition) is 1. The molecular formula is C19H25N3O3S. The minimum Gasteiger partial charge on any atom is -0.299 e. The summed E-state index contributed by atoms with van der Waals surface area (Å²) in [4.78, 5) is 17.1. The van der Waals surface area contributed by atoms with E-state index in [0.717, 1.165) is 5.69 Å². The van der Waals surface area contributed by atoms with Gasteiger partial charge in [-0.25, -0.2) is 13.1 Å². The SMILES string of the molecule is Cc1[nH]n([C@H]2CCS(=O)(=O)C2)c(=O)c1C=Nc1ccc(C(C)(C)C)cc1. The Morgan fingerprint density at radius 3 is 2.42 bits per heavy atom. The number of H-pyrrole nitrogens is 1. The second-order valence-corrected chi connectivity index (χ2v) is 10.2. The molecule has 1 aromatic carbocycles. The summed E-state index contributed by atoms with van der Waals surface area (Å²) in [6, 6.07) is 7.62. The third-order valence-corrected chi connectivity index (χ3v) is 6.54. The third-order valence-electron chi connectivity index (χ3n) is 4.79. The Kier molecular flexibility index (Phi) is 4.69. The van der Waals surface area contributed by atoms with Crippen LogP contribution in [0.4, 0.5) is 5.69 Å². The Hall–Kier alpha value is -2.15. The zero-order valence-corrected chi connectivity index (χ0v) is 16.4. The van der Waals surface area contributed by atoms with Gasteiger partial charge in [0.05, 0.1) is 28.8 Å². The molecule has 6 nitrogen and oxygen atoms in total. The van der Waals surface area contributed by atoms with Crippen LogP contribution in [0.1, 0.15) is 50.1 Å². The highest BCUT2D eigenvalue weighted by atomic mass is 32.2. The fourth-order valence-electron chi connectivity index (χ4n) is 3.16. The maximum absolute atomic E-state index is 12.6. The Morgan fingerprint density at radius 2 is 1.88 bits per heavy atom. The number of sulfone groups is 1. The van der Waals surface area contributed by atoms with Crippen molar-refractivity contribution in [3.8, 4) is 0 Å². The van der Waals surface area contributed by atoms with Crippen molar-refractivity contribution in [3.63, 3.8) is 0 Å². The lowest BCUT2D eigenvalue weighted by Gasteiger charge is -2.18. The summed E-state index contributed by atoms with van der Waals surface area (Å²) in [6.45, 7) is 8.26. The first-order valence-corrected chi connectivity index (χ1v) is 10.5. The summed E-state index contributed by atoms with van der Waals surface area (Å²) in [5.41, 5.74) is 3.00. The number of aromatic nitrogens is 2. The van der Waals surface area contributed by atoms with Gasteiger partial charge in [0, 0.05) is 11.9 Å². The number of rotatable bonds is 3. The normalized spacial score (nSPS) is 20.1. The van der Waals surface area contributed by atoms with E-state index in [2.05, 4.69) is 30.9 Å². The molecule has 2 aromatic rings. The van der Waals surface area contributed by atoms with Gasteiger partial charge in [0.1, 0.15) is 0 Å². The van der Waals surface area contributed by atoms with E-state index in [1.54, 1.807) is 13.1 Å². The molecule has 1 aliphatic rings. The molecule has 1 aromatic heterocycles. The lowest BCUT2D eigenvalue weighted by Crippen LogP contribution is -2.25. The zero-order chi connectivity index (χ0) is 19.1. The fourth-order valence-corrected chi connectivity index (χ4v) is 4.86. The summed E-state index contributed by atoms with van der Waals surface area (Å²) >= 11 is 0. The van der Waals surface area contributed by atoms with Crippen molar-refractivity contribution in [3.05, 3.63) is 51.4 Å². The fraction of sp³-hybridized carbons (Fsp3) is 0.474. The molecule has 140 valence electrons. The zero-order valence-electron chi connectivity index (χ0n) is 15.6. The molecular weight excluding hydrogens is 350 g/mol. The van der Waals surface area contributed by atoms with Crippen LogP contribution in [0.15, 0.2) is 34.1 Å². The minimum absolute atomic E-state index is 0.0116. The average molecular weight is 375 g/mol. The number of nitrogens with zero attached hydrogens (tertiary/aromatic N) is 2. The quantitative estimate of drug-likeness (QED) is 0.837. The largest absolute Gasteiger partial charge is 0.299 e. The number of aromatic amines is 1. The van der Waals surface area contributed by atoms with Crippen LogP contribution in [0, 0.1) is 6.92 Å². The number of benzene rings is 1. The first kappa shape index (κ1) is 18.6. The molecule has 1 saturated heterocycles. The minimum atomic E-state index is -3.05. The number of aryl methyl sites for hydroxylation is 1. The second-order valence-electron chi connectivity index (χ2n) is 7.94. The van der Waals surface area contributed by atoms with E-state index in [-0.39, 0.29) is 28.5 Å². The third kappa shape index (κ3) is 3.82. The van der Waals surface area contributed by atoms with Crippen molar-refractivity contribution in [1.29, 1.82) is 0 Å². The molecule has 1 fully saturated rings. The van der Waals surface area contributed by atoms with Crippen LogP contribution in [-0.4, -0.2) is 35.9 Å². The molecule has 1 atom stereocenters. The maximum Gasteiger partial charge on any atom is 0.275 e. The van der Waals surface area contributed by atoms with Crippen LogP contribution in [0.2, 0.25) is 0 Å². The maximum atomic E-state index is 12.6. The summed E-state index contributed by atoms with van der Waals surface area (Å²) in [5.74, 6) is 0.142. The molecule has 3 rings (SSSR count). The van der Waals surface area contributed by atoms with E-state index >= 15 is 0 Å². The highest BCUT2D eigenvalue weighted by molar-refractivity contribution is 7.91. The van der Waals surface area contributed by atoms with Gasteiger partial charge in [-0.3, -0.25) is 14.9 Å². The van der Waals surface area contributed by atoms with E-state index in [1.165, 1.54) is 10.2 Å². The van der Waals surface area contributed by atoms with Gasteiger partial charge in [0.2, 0.25) is 0 Å². The molecule has 0 bridgehead atoms. The lowest BCUT2D eigenvalue weighted by atomic mass is 9.87. The second kappa shape index (κ2) is 6.54. The predicted octanol–water partition coefficient (Wildman–Crippen LogP) is 2.89. The highest BCUT2D eigenvalue weighted by Crippen LogP contribution is 2.25. The van der Waals surface area contributed by atoms with Gasteiger partial charge in [0.15, 0.2) is 9.84 Å². The molecule has 26 heavy (non-hydrogen) atoms. The lowest BCUT2D eigenvalue weighted by molar-refractivity contribution is 0.483. The summed E-state index contributed by atoms with van der Waals surface area (Å²) < 4.78 is 24.8. The molecule has 0 radical (unpaired) electrons. The standard InChI is InChI=1S/C19H25N3O3S/c1-13-17(11-20-15-7-5-14(6-8-15)19(2,3)4)18(23)22(21-13)16-9-10-26(24,25)12-16/h5-8,11,16,21H,9-10,12H2,1-4H3/t16-/m0/s1. The van der Waals surface area contributed by atoms with Crippen molar-refractivity contribution in [1.82, 2.24) is 9.78 Å². The van der Waals surface area contributed by atoms with Crippen molar-refractivity contribution in [2.24, 2.45) is 4.99 Å². The van der Waals surface area contributed by atoms with Gasteiger partial charge in [-0.15, -0.1) is 0 Å². The molecule has 0 aliphatic carbocycles. The van der Waals surface area contributed by atoms with Gasteiger partial charge < -0.3 is 0 Å². The van der Waals surface area contributed by atoms with Gasteiger partial charge in [-0.1, -0.05) is 32.9 Å². The van der Waals surface area contributed by atoms with Crippen molar-refractivity contribution < 1.29 is 8.42 Å². The number of aliphatic imine (C=N–C) groups is 1. The molecule has 0 saturated carbocycles. The van der Waals surface area contributed by atoms with Crippen LogP contribution < -0.4 is 5.56 Å². The topological polar surface area (TPSA) is 84.3 Å². The molecule has 1 N–H and O–H groups in total. The van der Waals surface area contributed by atoms with Crippen LogP contribution >= 0.6 is 0 Å². The Balaban J connectivity index is 1.84.